The smallest absolute Gasteiger partial charge is 0.326 e. The van der Waals surface area contributed by atoms with Crippen LogP contribution in [0.4, 0.5) is 0 Å². The van der Waals surface area contributed by atoms with Crippen LogP contribution in [0.1, 0.15) is 26.3 Å². The first-order chi connectivity index (χ1) is 10.3. The molecule has 1 heterocycles. The molecule has 1 aliphatic heterocycles. The van der Waals surface area contributed by atoms with E-state index in [0.29, 0.717) is 19.5 Å². The number of hydrogen-bond donors (Lipinski definition) is 1. The molecule has 0 radical (unpaired) electrons. The second-order valence-corrected chi connectivity index (χ2v) is 6.54. The quantitative estimate of drug-likeness (QED) is 0.854. The van der Waals surface area contributed by atoms with Crippen LogP contribution in [0.25, 0.3) is 0 Å². The lowest BCUT2D eigenvalue weighted by Crippen LogP contribution is -2.57. The van der Waals surface area contributed by atoms with Gasteiger partial charge in [0.25, 0.3) is 0 Å². The van der Waals surface area contributed by atoms with Gasteiger partial charge >= 0.3 is 5.97 Å². The van der Waals surface area contributed by atoms with Crippen molar-refractivity contribution in [1.82, 2.24) is 10.2 Å². The lowest BCUT2D eigenvalue weighted by molar-refractivity contribution is -0.159. The van der Waals surface area contributed by atoms with E-state index in [9.17, 15) is 9.59 Å². The molecular weight excluding hydrogens is 280 g/mol. The van der Waals surface area contributed by atoms with Crippen molar-refractivity contribution in [2.24, 2.45) is 0 Å². The molecule has 0 bridgehead atoms. The SMILES string of the molecule is CC(C)(C)OC(=O)CN1CCN[C@@H](Cc2ccccc2)C1=O. The summed E-state index contributed by atoms with van der Waals surface area (Å²) in [5, 5.41) is 3.23. The van der Waals surface area contributed by atoms with Gasteiger partial charge in [-0.25, -0.2) is 0 Å². The summed E-state index contributed by atoms with van der Waals surface area (Å²) in [6.07, 6.45) is 0.629. The Morgan fingerprint density at radius 1 is 1.32 bits per heavy atom. The molecular formula is C17H24N2O3. The molecule has 1 aromatic carbocycles. The van der Waals surface area contributed by atoms with Crippen LogP contribution >= 0.6 is 0 Å². The van der Waals surface area contributed by atoms with E-state index in [0.717, 1.165) is 5.56 Å². The molecule has 1 fully saturated rings. The molecule has 0 unspecified atom stereocenters. The zero-order valence-corrected chi connectivity index (χ0v) is 13.5. The van der Waals surface area contributed by atoms with E-state index in [-0.39, 0.29) is 24.5 Å². The Bertz CT molecular complexity index is 522. The summed E-state index contributed by atoms with van der Waals surface area (Å²) in [5.74, 6) is -0.401. The third kappa shape index (κ3) is 4.84. The van der Waals surface area contributed by atoms with Crippen LogP contribution in [0.3, 0.4) is 0 Å². The van der Waals surface area contributed by atoms with Crippen LogP contribution < -0.4 is 5.32 Å². The summed E-state index contributed by atoms with van der Waals surface area (Å²) in [4.78, 5) is 26.0. The number of rotatable bonds is 4. The molecule has 22 heavy (non-hydrogen) atoms. The minimum atomic E-state index is -0.530. The Kier molecular flexibility index (Phi) is 5.19. The molecule has 0 aliphatic carbocycles. The molecule has 0 spiro atoms. The molecule has 5 nitrogen and oxygen atoms in total. The van der Waals surface area contributed by atoms with E-state index >= 15 is 0 Å². The largest absolute Gasteiger partial charge is 0.459 e. The van der Waals surface area contributed by atoms with Crippen molar-refractivity contribution in [3.63, 3.8) is 0 Å². The number of amides is 1. The number of benzene rings is 1. The minimum absolute atomic E-state index is 0.0169. The highest BCUT2D eigenvalue weighted by molar-refractivity contribution is 5.86. The molecule has 0 saturated carbocycles. The van der Waals surface area contributed by atoms with E-state index in [1.165, 1.54) is 0 Å². The Balaban J connectivity index is 1.94. The number of carbonyl (C=O) groups excluding carboxylic acids is 2. The van der Waals surface area contributed by atoms with Crippen molar-refractivity contribution < 1.29 is 14.3 Å². The maximum Gasteiger partial charge on any atom is 0.326 e. The lowest BCUT2D eigenvalue weighted by Gasteiger charge is -2.33. The molecule has 1 aromatic rings. The van der Waals surface area contributed by atoms with Crippen LogP contribution in [0.15, 0.2) is 30.3 Å². The van der Waals surface area contributed by atoms with Gasteiger partial charge in [0, 0.05) is 13.1 Å². The fourth-order valence-corrected chi connectivity index (χ4v) is 2.49. The Morgan fingerprint density at radius 2 is 2.00 bits per heavy atom. The summed E-state index contributed by atoms with van der Waals surface area (Å²) >= 11 is 0. The molecule has 1 N–H and O–H groups in total. The molecule has 5 heteroatoms. The fraction of sp³-hybridized carbons (Fsp3) is 0.529. The van der Waals surface area contributed by atoms with E-state index in [4.69, 9.17) is 4.74 Å². The van der Waals surface area contributed by atoms with Gasteiger partial charge in [0.2, 0.25) is 5.91 Å². The number of ether oxygens (including phenoxy) is 1. The van der Waals surface area contributed by atoms with E-state index in [1.807, 2.05) is 51.1 Å². The molecule has 0 aromatic heterocycles. The van der Waals surface area contributed by atoms with Crippen molar-refractivity contribution in [1.29, 1.82) is 0 Å². The van der Waals surface area contributed by atoms with Gasteiger partial charge in [-0.1, -0.05) is 30.3 Å². The van der Waals surface area contributed by atoms with E-state index in [1.54, 1.807) is 4.90 Å². The summed E-state index contributed by atoms with van der Waals surface area (Å²) in [6, 6.07) is 9.60. The van der Waals surface area contributed by atoms with Crippen LogP contribution in [0.2, 0.25) is 0 Å². The second-order valence-electron chi connectivity index (χ2n) is 6.54. The first-order valence-electron chi connectivity index (χ1n) is 7.63. The Hall–Kier alpha value is -1.88. The molecule has 2 rings (SSSR count). The van der Waals surface area contributed by atoms with Gasteiger partial charge in [0.1, 0.15) is 12.1 Å². The Morgan fingerprint density at radius 3 is 2.64 bits per heavy atom. The number of piperazine rings is 1. The van der Waals surface area contributed by atoms with Gasteiger partial charge in [0.15, 0.2) is 0 Å². The monoisotopic (exact) mass is 304 g/mol. The third-order valence-corrected chi connectivity index (χ3v) is 3.40. The average molecular weight is 304 g/mol. The van der Waals surface area contributed by atoms with Gasteiger partial charge in [0.05, 0.1) is 6.04 Å². The minimum Gasteiger partial charge on any atom is -0.459 e. The van der Waals surface area contributed by atoms with Crippen molar-refractivity contribution in [3.05, 3.63) is 35.9 Å². The maximum atomic E-state index is 12.5. The molecule has 1 saturated heterocycles. The number of esters is 1. The van der Waals surface area contributed by atoms with Gasteiger partial charge < -0.3 is 15.0 Å². The predicted molar refractivity (Wildman–Crippen MR) is 84.4 cm³/mol. The molecule has 1 aliphatic rings. The van der Waals surface area contributed by atoms with Gasteiger partial charge in [-0.15, -0.1) is 0 Å². The standard InChI is InChI=1S/C17H24N2O3/c1-17(2,3)22-15(20)12-19-10-9-18-14(16(19)21)11-13-7-5-4-6-8-13/h4-8,14,18H,9-12H2,1-3H3/t14-/m0/s1. The predicted octanol–water partition coefficient (Wildman–Crippen LogP) is 1.37. The average Bonchev–Trinajstić information content (AvgIpc) is 2.42. The number of hydrogen-bond acceptors (Lipinski definition) is 4. The van der Waals surface area contributed by atoms with Gasteiger partial charge in [-0.2, -0.15) is 0 Å². The number of nitrogens with one attached hydrogen (secondary N) is 1. The van der Waals surface area contributed by atoms with Crippen LogP contribution in [-0.4, -0.2) is 48.1 Å². The molecule has 1 amide bonds. The summed E-state index contributed by atoms with van der Waals surface area (Å²) in [6.45, 7) is 6.70. The molecule has 120 valence electrons. The highest BCUT2D eigenvalue weighted by atomic mass is 16.6. The zero-order valence-electron chi connectivity index (χ0n) is 13.5. The maximum absolute atomic E-state index is 12.5. The normalized spacial score (nSPS) is 19.1. The van der Waals surface area contributed by atoms with E-state index in [2.05, 4.69) is 5.32 Å². The van der Waals surface area contributed by atoms with Crippen LogP contribution in [0.5, 0.6) is 0 Å². The van der Waals surface area contributed by atoms with E-state index < -0.39 is 5.60 Å². The Labute approximate surface area is 131 Å². The highest BCUT2D eigenvalue weighted by Crippen LogP contribution is 2.11. The van der Waals surface area contributed by atoms with Crippen molar-refractivity contribution in [3.8, 4) is 0 Å². The van der Waals surface area contributed by atoms with Crippen LogP contribution in [0, 0.1) is 0 Å². The van der Waals surface area contributed by atoms with Crippen molar-refractivity contribution in [2.45, 2.75) is 38.8 Å². The van der Waals surface area contributed by atoms with Gasteiger partial charge in [-0.05, 0) is 32.8 Å². The fourth-order valence-electron chi connectivity index (χ4n) is 2.49. The van der Waals surface area contributed by atoms with Gasteiger partial charge in [-0.3, -0.25) is 9.59 Å². The topological polar surface area (TPSA) is 58.6 Å². The van der Waals surface area contributed by atoms with Crippen molar-refractivity contribution >= 4 is 11.9 Å². The summed E-state index contributed by atoms with van der Waals surface area (Å²) in [5.41, 5.74) is 0.574. The van der Waals surface area contributed by atoms with Crippen LogP contribution in [-0.2, 0) is 20.7 Å². The first-order valence-corrected chi connectivity index (χ1v) is 7.63. The second kappa shape index (κ2) is 6.92. The third-order valence-electron chi connectivity index (χ3n) is 3.40. The van der Waals surface area contributed by atoms with Crippen molar-refractivity contribution in [2.75, 3.05) is 19.6 Å². The number of nitrogens with zero attached hydrogens (tertiary/aromatic N) is 1. The summed E-state index contributed by atoms with van der Waals surface area (Å²) < 4.78 is 5.29. The summed E-state index contributed by atoms with van der Waals surface area (Å²) in [7, 11) is 0. The highest BCUT2D eigenvalue weighted by Gasteiger charge is 2.30. The lowest BCUT2D eigenvalue weighted by atomic mass is 10.0. The number of carbonyl (C=O) groups is 2. The first kappa shape index (κ1) is 16.5. The zero-order chi connectivity index (χ0) is 16.2. The molecule has 1 atom stereocenters.